The largest absolute Gasteiger partial charge is 0.472 e. The van der Waals surface area contributed by atoms with E-state index >= 15 is 0 Å². The van der Waals surface area contributed by atoms with Gasteiger partial charge in [0.05, 0.1) is 24.9 Å². The Kier molecular flexibility index (Phi) is 3.90. The molecule has 3 rings (SSSR count). The summed E-state index contributed by atoms with van der Waals surface area (Å²) in [5, 5.41) is 8.11. The van der Waals surface area contributed by atoms with Crippen molar-refractivity contribution in [2.75, 3.05) is 0 Å². The van der Waals surface area contributed by atoms with Crippen LogP contribution in [0.25, 0.3) is 0 Å². The second kappa shape index (κ2) is 5.77. The molecule has 0 aliphatic carbocycles. The van der Waals surface area contributed by atoms with Crippen LogP contribution < -0.4 is 0 Å². The van der Waals surface area contributed by atoms with Crippen molar-refractivity contribution in [1.82, 2.24) is 19.7 Å². The number of hydrogen-bond acceptors (Lipinski definition) is 6. The predicted octanol–water partition coefficient (Wildman–Crippen LogP) is 1.55. The smallest absolute Gasteiger partial charge is 0.331 e. The Morgan fingerprint density at radius 3 is 2.71 bits per heavy atom. The summed E-state index contributed by atoms with van der Waals surface area (Å²) in [5.41, 5.74) is -0.252. The molecule has 0 bridgehead atoms. The topological polar surface area (TPSA) is 90.5 Å². The number of aryl methyl sites for hydroxylation is 1. The minimum Gasteiger partial charge on any atom is -0.472 e. The number of furan rings is 1. The lowest BCUT2D eigenvalue weighted by atomic mass is 10.1. The van der Waals surface area contributed by atoms with Crippen molar-refractivity contribution in [2.24, 2.45) is 0 Å². The SMILES string of the molecule is Cc1nnc2n1C[C@@H](C(=O)OC(C)(C)C)N(C(=O)c1ccoc1)C2. The van der Waals surface area contributed by atoms with Gasteiger partial charge in [0.1, 0.15) is 23.7 Å². The highest BCUT2D eigenvalue weighted by Crippen LogP contribution is 2.23. The van der Waals surface area contributed by atoms with E-state index in [2.05, 4.69) is 10.2 Å². The molecule has 8 heteroatoms. The molecule has 128 valence electrons. The van der Waals surface area contributed by atoms with Gasteiger partial charge in [-0.3, -0.25) is 4.79 Å². The van der Waals surface area contributed by atoms with Gasteiger partial charge in [0.25, 0.3) is 5.91 Å². The van der Waals surface area contributed by atoms with Crippen LogP contribution in [0.1, 0.15) is 42.8 Å². The average Bonchev–Trinajstić information content (AvgIpc) is 3.14. The van der Waals surface area contributed by atoms with Gasteiger partial charge in [0.2, 0.25) is 0 Å². The maximum Gasteiger partial charge on any atom is 0.331 e. The fourth-order valence-electron chi connectivity index (χ4n) is 2.65. The van der Waals surface area contributed by atoms with Crippen molar-refractivity contribution in [3.8, 4) is 0 Å². The average molecular weight is 332 g/mol. The van der Waals surface area contributed by atoms with Gasteiger partial charge in [-0.25, -0.2) is 4.79 Å². The Morgan fingerprint density at radius 2 is 2.08 bits per heavy atom. The number of aromatic nitrogens is 3. The molecule has 2 aromatic heterocycles. The van der Waals surface area contributed by atoms with Crippen LogP contribution in [-0.2, 0) is 22.6 Å². The number of hydrogen-bond donors (Lipinski definition) is 0. The summed E-state index contributed by atoms with van der Waals surface area (Å²) in [6.45, 7) is 7.67. The van der Waals surface area contributed by atoms with Gasteiger partial charge in [0, 0.05) is 0 Å². The van der Waals surface area contributed by atoms with E-state index < -0.39 is 17.6 Å². The Morgan fingerprint density at radius 1 is 1.33 bits per heavy atom. The molecule has 0 saturated carbocycles. The maximum absolute atomic E-state index is 12.8. The number of carbonyl (C=O) groups excluding carboxylic acids is 2. The van der Waals surface area contributed by atoms with Crippen LogP contribution in [0.15, 0.2) is 23.0 Å². The van der Waals surface area contributed by atoms with Crippen LogP contribution in [0, 0.1) is 6.92 Å². The first kappa shape index (κ1) is 16.2. The Labute approximate surface area is 139 Å². The van der Waals surface area contributed by atoms with Gasteiger partial charge >= 0.3 is 5.97 Å². The highest BCUT2D eigenvalue weighted by atomic mass is 16.6. The van der Waals surface area contributed by atoms with Crippen molar-refractivity contribution in [3.05, 3.63) is 35.8 Å². The van der Waals surface area contributed by atoms with Crippen LogP contribution in [-0.4, -0.2) is 43.2 Å². The molecule has 0 unspecified atom stereocenters. The van der Waals surface area contributed by atoms with Crippen molar-refractivity contribution in [2.45, 2.75) is 52.4 Å². The molecule has 1 aliphatic heterocycles. The van der Waals surface area contributed by atoms with Crippen LogP contribution >= 0.6 is 0 Å². The van der Waals surface area contributed by atoms with Crippen LogP contribution in [0.4, 0.5) is 0 Å². The van der Waals surface area contributed by atoms with Gasteiger partial charge in [-0.1, -0.05) is 0 Å². The number of rotatable bonds is 2. The summed E-state index contributed by atoms with van der Waals surface area (Å²) in [6.07, 6.45) is 2.78. The van der Waals surface area contributed by atoms with E-state index in [1.807, 2.05) is 11.5 Å². The molecule has 0 N–H and O–H groups in total. The van der Waals surface area contributed by atoms with Gasteiger partial charge in [0.15, 0.2) is 5.82 Å². The first-order valence-corrected chi connectivity index (χ1v) is 7.71. The molecular formula is C16H20N4O4. The molecule has 0 aromatic carbocycles. The Hall–Kier alpha value is -2.64. The zero-order valence-electron chi connectivity index (χ0n) is 14.1. The van der Waals surface area contributed by atoms with Crippen LogP contribution in [0.5, 0.6) is 0 Å². The zero-order chi connectivity index (χ0) is 17.5. The monoisotopic (exact) mass is 332 g/mol. The number of esters is 1. The molecule has 0 spiro atoms. The second-order valence-electron chi connectivity index (χ2n) is 6.77. The number of nitrogens with zero attached hydrogens (tertiary/aromatic N) is 4. The molecule has 0 fully saturated rings. The van der Waals surface area contributed by atoms with Crippen molar-refractivity contribution in [1.29, 1.82) is 0 Å². The van der Waals surface area contributed by atoms with E-state index in [0.717, 1.165) is 0 Å². The van der Waals surface area contributed by atoms with E-state index in [0.29, 0.717) is 17.2 Å². The summed E-state index contributed by atoms with van der Waals surface area (Å²) >= 11 is 0. The number of amides is 1. The molecule has 1 atom stereocenters. The predicted molar refractivity (Wildman–Crippen MR) is 83.0 cm³/mol. The van der Waals surface area contributed by atoms with Crippen molar-refractivity contribution in [3.63, 3.8) is 0 Å². The molecular weight excluding hydrogens is 312 g/mol. The van der Waals surface area contributed by atoms with E-state index in [1.165, 1.54) is 17.4 Å². The standard InChI is InChI=1S/C16H20N4O4/c1-10-17-18-13-8-20(14(21)11-5-6-23-9-11)12(7-19(10)13)15(22)24-16(2,3)4/h5-6,9,12H,7-8H2,1-4H3/t12-/m0/s1. The summed E-state index contributed by atoms with van der Waals surface area (Å²) in [7, 11) is 0. The van der Waals surface area contributed by atoms with E-state index in [-0.39, 0.29) is 19.0 Å². The minimum atomic E-state index is -0.742. The molecule has 2 aromatic rings. The van der Waals surface area contributed by atoms with Gasteiger partial charge in [-0.05, 0) is 33.8 Å². The number of ether oxygens (including phenoxy) is 1. The second-order valence-corrected chi connectivity index (χ2v) is 6.77. The Bertz CT molecular complexity index is 758. The van der Waals surface area contributed by atoms with Gasteiger partial charge < -0.3 is 18.6 Å². The zero-order valence-corrected chi connectivity index (χ0v) is 14.1. The van der Waals surface area contributed by atoms with Crippen LogP contribution in [0.3, 0.4) is 0 Å². The first-order chi connectivity index (χ1) is 11.3. The first-order valence-electron chi connectivity index (χ1n) is 7.71. The molecule has 1 amide bonds. The molecule has 8 nitrogen and oxygen atoms in total. The third-order valence-corrected chi connectivity index (χ3v) is 3.76. The lowest BCUT2D eigenvalue weighted by Gasteiger charge is -2.35. The molecule has 24 heavy (non-hydrogen) atoms. The van der Waals surface area contributed by atoms with E-state index in [4.69, 9.17) is 9.15 Å². The summed E-state index contributed by atoms with van der Waals surface area (Å²) in [6, 6.07) is 0.827. The van der Waals surface area contributed by atoms with Gasteiger partial charge in [-0.15, -0.1) is 10.2 Å². The summed E-state index contributed by atoms with van der Waals surface area (Å²) < 4.78 is 12.3. The van der Waals surface area contributed by atoms with E-state index in [9.17, 15) is 9.59 Å². The number of fused-ring (bicyclic) bond motifs is 1. The fourth-order valence-corrected chi connectivity index (χ4v) is 2.65. The maximum atomic E-state index is 12.8. The van der Waals surface area contributed by atoms with E-state index in [1.54, 1.807) is 26.8 Å². The third kappa shape index (κ3) is 3.04. The lowest BCUT2D eigenvalue weighted by Crippen LogP contribution is -2.52. The third-order valence-electron chi connectivity index (χ3n) is 3.76. The normalized spacial score (nSPS) is 17.5. The van der Waals surface area contributed by atoms with Gasteiger partial charge in [-0.2, -0.15) is 0 Å². The molecule has 0 saturated heterocycles. The van der Waals surface area contributed by atoms with Crippen molar-refractivity contribution < 1.29 is 18.7 Å². The fraction of sp³-hybridized carbons (Fsp3) is 0.500. The molecule has 3 heterocycles. The minimum absolute atomic E-state index is 0.189. The summed E-state index contributed by atoms with van der Waals surface area (Å²) in [5.74, 6) is 0.600. The number of carbonyl (C=O) groups is 2. The highest BCUT2D eigenvalue weighted by Gasteiger charge is 2.39. The van der Waals surface area contributed by atoms with Crippen molar-refractivity contribution >= 4 is 11.9 Å². The molecule has 1 aliphatic rings. The lowest BCUT2D eigenvalue weighted by molar-refractivity contribution is -0.162. The Balaban J connectivity index is 1.93. The quantitative estimate of drug-likeness (QED) is 0.775. The molecule has 0 radical (unpaired) electrons. The summed E-state index contributed by atoms with van der Waals surface area (Å²) in [4.78, 5) is 26.9. The highest BCUT2D eigenvalue weighted by molar-refractivity contribution is 5.96. The van der Waals surface area contributed by atoms with Crippen LogP contribution in [0.2, 0.25) is 0 Å².